The van der Waals surface area contributed by atoms with Crippen LogP contribution in [0, 0.1) is 5.41 Å². The van der Waals surface area contributed by atoms with Crippen LogP contribution in [0.2, 0.25) is 0 Å². The topological polar surface area (TPSA) is 70.9 Å². The summed E-state index contributed by atoms with van der Waals surface area (Å²) in [7, 11) is 0. The van der Waals surface area contributed by atoms with Gasteiger partial charge in [-0.25, -0.2) is 0 Å². The molecular weight excluding hydrogens is 226 g/mol. The first kappa shape index (κ1) is 12.6. The zero-order valence-corrected chi connectivity index (χ0v) is 10.8. The first-order valence-electron chi connectivity index (χ1n) is 6.06. The Labute approximate surface area is 107 Å². The molecule has 1 aromatic heterocycles. The number of nitrogens with one attached hydrogen (secondary N) is 2. The largest absolute Gasteiger partial charge is 0.369 e. The quantitative estimate of drug-likeness (QED) is 0.751. The number of hydrogen-bond acceptors (Lipinski definition) is 2. The highest BCUT2D eigenvalue weighted by Gasteiger charge is 2.23. The Morgan fingerprint density at radius 3 is 2.89 bits per heavy atom. The van der Waals surface area contributed by atoms with Crippen LogP contribution in [0.25, 0.3) is 10.9 Å². The monoisotopic (exact) mass is 245 g/mol. The van der Waals surface area contributed by atoms with Crippen molar-refractivity contribution in [1.29, 1.82) is 0 Å². The number of nitrogens with two attached hydrogens (primary N) is 1. The molecule has 0 aliphatic heterocycles. The van der Waals surface area contributed by atoms with E-state index in [-0.39, 0.29) is 5.91 Å². The second kappa shape index (κ2) is 4.82. The second-order valence-electron chi connectivity index (χ2n) is 5.25. The molecule has 18 heavy (non-hydrogen) atoms. The zero-order chi connectivity index (χ0) is 13.2. The number of benzene rings is 1. The van der Waals surface area contributed by atoms with Gasteiger partial charge in [-0.15, -0.1) is 0 Å². The van der Waals surface area contributed by atoms with Gasteiger partial charge in [0.05, 0.1) is 5.41 Å². The Morgan fingerprint density at radius 2 is 2.17 bits per heavy atom. The summed E-state index contributed by atoms with van der Waals surface area (Å²) in [5.41, 5.74) is 7.14. The van der Waals surface area contributed by atoms with Gasteiger partial charge in [0.1, 0.15) is 0 Å². The normalized spacial score (nSPS) is 11.9. The summed E-state index contributed by atoms with van der Waals surface area (Å²) < 4.78 is 0. The van der Waals surface area contributed by atoms with Crippen LogP contribution < -0.4 is 11.1 Å². The van der Waals surface area contributed by atoms with Crippen LogP contribution in [0.1, 0.15) is 19.4 Å². The lowest BCUT2D eigenvalue weighted by atomic mass is 9.93. The number of H-pyrrole nitrogens is 1. The molecule has 0 aliphatic rings. The van der Waals surface area contributed by atoms with Gasteiger partial charge in [0.25, 0.3) is 0 Å². The van der Waals surface area contributed by atoms with E-state index < -0.39 is 5.41 Å². The number of rotatable bonds is 5. The van der Waals surface area contributed by atoms with Gasteiger partial charge in [0.2, 0.25) is 5.91 Å². The first-order valence-corrected chi connectivity index (χ1v) is 6.06. The highest BCUT2D eigenvalue weighted by Crippen LogP contribution is 2.15. The molecule has 0 saturated heterocycles. The fraction of sp³-hybridized carbons (Fsp3) is 0.357. The molecule has 0 spiro atoms. The van der Waals surface area contributed by atoms with Gasteiger partial charge in [-0.3, -0.25) is 4.79 Å². The summed E-state index contributed by atoms with van der Waals surface area (Å²) in [5, 5.41) is 4.47. The Balaban J connectivity index is 1.96. The summed E-state index contributed by atoms with van der Waals surface area (Å²) >= 11 is 0. The van der Waals surface area contributed by atoms with E-state index >= 15 is 0 Å². The van der Waals surface area contributed by atoms with Crippen LogP contribution in [0.4, 0.5) is 0 Å². The maximum absolute atomic E-state index is 11.2. The minimum atomic E-state index is -0.516. The van der Waals surface area contributed by atoms with Crippen LogP contribution >= 0.6 is 0 Å². The van der Waals surface area contributed by atoms with Crippen molar-refractivity contribution in [3.05, 3.63) is 36.0 Å². The van der Waals surface area contributed by atoms with Crippen LogP contribution in [0.5, 0.6) is 0 Å². The van der Waals surface area contributed by atoms with E-state index in [1.54, 1.807) is 0 Å². The molecule has 1 heterocycles. The molecule has 2 rings (SSSR count). The summed E-state index contributed by atoms with van der Waals surface area (Å²) in [6, 6.07) is 8.32. The molecule has 4 N–H and O–H groups in total. The molecule has 4 nitrogen and oxygen atoms in total. The fourth-order valence-corrected chi connectivity index (χ4v) is 1.82. The Bertz CT molecular complexity index is 557. The van der Waals surface area contributed by atoms with Crippen molar-refractivity contribution in [3.63, 3.8) is 0 Å². The van der Waals surface area contributed by atoms with E-state index in [2.05, 4.69) is 28.5 Å². The van der Waals surface area contributed by atoms with Crippen LogP contribution in [-0.4, -0.2) is 17.4 Å². The summed E-state index contributed by atoms with van der Waals surface area (Å²) in [6.07, 6.45) is 1.93. The molecule has 0 fully saturated rings. The molecule has 4 heteroatoms. The van der Waals surface area contributed by atoms with E-state index in [0.29, 0.717) is 6.54 Å². The SMILES string of the molecule is CC(C)(CNCc1ccc2[nH]ccc2c1)C(N)=O. The number of aromatic amines is 1. The average molecular weight is 245 g/mol. The van der Waals surface area contributed by atoms with Crippen molar-refractivity contribution in [3.8, 4) is 0 Å². The van der Waals surface area contributed by atoms with E-state index in [4.69, 9.17) is 5.73 Å². The average Bonchev–Trinajstić information content (AvgIpc) is 2.75. The molecule has 1 aromatic carbocycles. The Hall–Kier alpha value is -1.81. The number of carbonyl (C=O) groups is 1. The van der Waals surface area contributed by atoms with E-state index in [1.807, 2.05) is 26.1 Å². The van der Waals surface area contributed by atoms with Crippen molar-refractivity contribution in [2.24, 2.45) is 11.1 Å². The maximum Gasteiger partial charge on any atom is 0.224 e. The zero-order valence-electron chi connectivity index (χ0n) is 10.8. The van der Waals surface area contributed by atoms with Gasteiger partial charge in [-0.1, -0.05) is 6.07 Å². The van der Waals surface area contributed by atoms with Gasteiger partial charge in [0.15, 0.2) is 0 Å². The van der Waals surface area contributed by atoms with Crippen molar-refractivity contribution < 1.29 is 4.79 Å². The highest BCUT2D eigenvalue weighted by atomic mass is 16.1. The first-order chi connectivity index (χ1) is 8.49. The van der Waals surface area contributed by atoms with Crippen LogP contribution in [-0.2, 0) is 11.3 Å². The maximum atomic E-state index is 11.2. The lowest BCUT2D eigenvalue weighted by Crippen LogP contribution is -2.40. The Kier molecular flexibility index (Phi) is 3.39. The molecule has 0 bridgehead atoms. The summed E-state index contributed by atoms with van der Waals surface area (Å²) in [6.45, 7) is 5.00. The standard InChI is InChI=1S/C14H19N3O/c1-14(2,13(15)18)9-16-8-10-3-4-12-11(7-10)5-6-17-12/h3-7,16-17H,8-9H2,1-2H3,(H2,15,18). The third-order valence-electron chi connectivity index (χ3n) is 3.18. The minimum Gasteiger partial charge on any atom is -0.369 e. The number of hydrogen-bond donors (Lipinski definition) is 3. The predicted molar refractivity (Wildman–Crippen MR) is 73.0 cm³/mol. The number of carbonyl (C=O) groups excluding carboxylic acids is 1. The van der Waals surface area contributed by atoms with E-state index in [9.17, 15) is 4.79 Å². The lowest BCUT2D eigenvalue weighted by molar-refractivity contribution is -0.125. The van der Waals surface area contributed by atoms with Gasteiger partial charge in [-0.2, -0.15) is 0 Å². The molecule has 0 unspecified atom stereocenters. The van der Waals surface area contributed by atoms with Crippen LogP contribution in [0.15, 0.2) is 30.5 Å². The molecule has 1 amide bonds. The highest BCUT2D eigenvalue weighted by molar-refractivity contribution is 5.80. The van der Waals surface area contributed by atoms with Gasteiger partial charge in [0, 0.05) is 24.8 Å². The van der Waals surface area contributed by atoms with Crippen molar-refractivity contribution >= 4 is 16.8 Å². The second-order valence-corrected chi connectivity index (χ2v) is 5.25. The van der Waals surface area contributed by atoms with E-state index in [1.165, 1.54) is 10.9 Å². The summed E-state index contributed by atoms with van der Waals surface area (Å²) in [5.74, 6) is -0.281. The minimum absolute atomic E-state index is 0.281. The molecule has 96 valence electrons. The predicted octanol–water partition coefficient (Wildman–Crippen LogP) is 1.77. The fourth-order valence-electron chi connectivity index (χ4n) is 1.82. The van der Waals surface area contributed by atoms with Crippen molar-refractivity contribution in [2.45, 2.75) is 20.4 Å². The molecule has 0 atom stereocenters. The van der Waals surface area contributed by atoms with Crippen molar-refractivity contribution in [1.82, 2.24) is 10.3 Å². The van der Waals surface area contributed by atoms with Crippen LogP contribution in [0.3, 0.4) is 0 Å². The van der Waals surface area contributed by atoms with Gasteiger partial charge >= 0.3 is 0 Å². The number of aromatic nitrogens is 1. The molecule has 0 aliphatic carbocycles. The molecular formula is C14H19N3O. The van der Waals surface area contributed by atoms with E-state index in [0.717, 1.165) is 12.1 Å². The lowest BCUT2D eigenvalue weighted by Gasteiger charge is -2.20. The molecule has 0 saturated carbocycles. The third-order valence-corrected chi connectivity index (χ3v) is 3.18. The Morgan fingerprint density at radius 1 is 1.39 bits per heavy atom. The third kappa shape index (κ3) is 2.71. The van der Waals surface area contributed by atoms with Gasteiger partial charge < -0.3 is 16.0 Å². The summed E-state index contributed by atoms with van der Waals surface area (Å²) in [4.78, 5) is 14.3. The number of amides is 1. The molecule has 0 radical (unpaired) electrons. The smallest absolute Gasteiger partial charge is 0.224 e. The number of fused-ring (bicyclic) bond motifs is 1. The molecule has 2 aromatic rings. The number of primary amides is 1. The van der Waals surface area contributed by atoms with Crippen molar-refractivity contribution in [2.75, 3.05) is 6.54 Å². The van der Waals surface area contributed by atoms with Gasteiger partial charge in [-0.05, 0) is 43.0 Å².